The first-order chi connectivity index (χ1) is 17.1. The Morgan fingerprint density at radius 3 is 2.49 bits per heavy atom. The molecule has 7 heteroatoms. The number of anilines is 1. The molecule has 0 radical (unpaired) electrons. The van der Waals surface area contributed by atoms with Gasteiger partial charge in [-0.15, -0.1) is 0 Å². The van der Waals surface area contributed by atoms with Crippen molar-refractivity contribution in [2.75, 3.05) is 46.1 Å². The predicted molar refractivity (Wildman–Crippen MR) is 145 cm³/mol. The van der Waals surface area contributed by atoms with E-state index in [0.29, 0.717) is 12.0 Å². The molecule has 186 valence electrons. The van der Waals surface area contributed by atoms with E-state index in [1.54, 1.807) is 12.3 Å². The lowest BCUT2D eigenvalue weighted by atomic mass is 9.94. The summed E-state index contributed by atoms with van der Waals surface area (Å²) in [4.78, 5) is 31.0. The number of pyridine rings is 2. The van der Waals surface area contributed by atoms with Crippen molar-refractivity contribution in [3.63, 3.8) is 0 Å². The molecule has 1 fully saturated rings. The van der Waals surface area contributed by atoms with E-state index in [-0.39, 0.29) is 0 Å². The van der Waals surface area contributed by atoms with Gasteiger partial charge in [-0.25, -0.2) is 4.98 Å². The second kappa shape index (κ2) is 15.5. The first kappa shape index (κ1) is 27.8. The van der Waals surface area contributed by atoms with E-state index in [2.05, 4.69) is 39.1 Å². The summed E-state index contributed by atoms with van der Waals surface area (Å²) in [5.74, 6) is 0.985. The Bertz CT molecular complexity index is 1070. The summed E-state index contributed by atoms with van der Waals surface area (Å²) in [7, 11) is 6.13. The lowest BCUT2D eigenvalue weighted by Gasteiger charge is -2.28. The molecule has 7 nitrogen and oxygen atoms in total. The van der Waals surface area contributed by atoms with E-state index in [1.807, 2.05) is 50.5 Å². The molecule has 2 N–H and O–H groups in total. The Morgan fingerprint density at radius 1 is 1.11 bits per heavy atom. The number of nitrogens with zero attached hydrogens (tertiary/aromatic N) is 3. The Morgan fingerprint density at radius 2 is 1.86 bits per heavy atom. The summed E-state index contributed by atoms with van der Waals surface area (Å²) in [6.07, 6.45) is 8.53. The largest absolute Gasteiger partial charge is 0.388 e. The molecule has 0 saturated carbocycles. The normalized spacial score (nSPS) is 13.6. The highest BCUT2D eigenvalue weighted by molar-refractivity contribution is 5.94. The summed E-state index contributed by atoms with van der Waals surface area (Å²) < 4.78 is 0. The van der Waals surface area contributed by atoms with Crippen LogP contribution in [0.1, 0.15) is 29.8 Å². The molecule has 2 aromatic heterocycles. The monoisotopic (exact) mass is 475 g/mol. The van der Waals surface area contributed by atoms with Crippen molar-refractivity contribution in [1.29, 1.82) is 0 Å². The minimum Gasteiger partial charge on any atom is -0.388 e. The van der Waals surface area contributed by atoms with Crippen LogP contribution in [-0.4, -0.2) is 68.2 Å². The highest BCUT2D eigenvalue weighted by Crippen LogP contribution is 2.27. The van der Waals surface area contributed by atoms with Crippen molar-refractivity contribution in [1.82, 2.24) is 20.2 Å². The van der Waals surface area contributed by atoms with Crippen molar-refractivity contribution in [3.8, 4) is 11.3 Å². The van der Waals surface area contributed by atoms with Gasteiger partial charge in [0.1, 0.15) is 12.0 Å². The van der Waals surface area contributed by atoms with E-state index in [1.165, 1.54) is 45.0 Å². The number of likely N-dealkylation sites (tertiary alicyclic amines) is 1. The number of nitrogens with one attached hydrogen (secondary N) is 2. The Balaban J connectivity index is 0.000000243. The fourth-order valence-corrected chi connectivity index (χ4v) is 3.90. The number of hydrogen-bond donors (Lipinski definition) is 2. The Kier molecular flexibility index (Phi) is 12.3. The zero-order chi connectivity index (χ0) is 25.5. The Hall–Kier alpha value is -3.42. The van der Waals surface area contributed by atoms with Crippen molar-refractivity contribution >= 4 is 29.2 Å². The molecule has 0 unspecified atom stereocenters. The van der Waals surface area contributed by atoms with Crippen LogP contribution in [-0.2, 0) is 4.79 Å². The molecule has 35 heavy (non-hydrogen) atoms. The lowest BCUT2D eigenvalue weighted by molar-refractivity contribution is -0.104. The zero-order valence-corrected chi connectivity index (χ0v) is 21.0. The van der Waals surface area contributed by atoms with Crippen LogP contribution in [0.15, 0.2) is 61.3 Å². The molecule has 1 aliphatic heterocycles. The first-order valence-corrected chi connectivity index (χ1v) is 11.9. The zero-order valence-electron chi connectivity index (χ0n) is 21.0. The van der Waals surface area contributed by atoms with Crippen LogP contribution >= 0.6 is 0 Å². The van der Waals surface area contributed by atoms with E-state index < -0.39 is 0 Å². The quantitative estimate of drug-likeness (QED) is 0.385. The van der Waals surface area contributed by atoms with Gasteiger partial charge in [-0.05, 0) is 95.3 Å². The first-order valence-electron chi connectivity index (χ1n) is 11.9. The van der Waals surface area contributed by atoms with Crippen LogP contribution in [0.4, 0.5) is 5.69 Å². The number of hydrogen-bond acceptors (Lipinski definition) is 7. The topological polar surface area (TPSA) is 87.2 Å². The van der Waals surface area contributed by atoms with Gasteiger partial charge in [0.25, 0.3) is 0 Å². The number of rotatable bonds is 7. The number of carbonyl (C=O) groups is 2. The van der Waals surface area contributed by atoms with E-state index in [4.69, 9.17) is 4.79 Å². The second-order valence-corrected chi connectivity index (χ2v) is 8.42. The van der Waals surface area contributed by atoms with Gasteiger partial charge in [0, 0.05) is 29.9 Å². The van der Waals surface area contributed by atoms with Gasteiger partial charge in [-0.3, -0.25) is 14.6 Å². The number of aromatic nitrogens is 2. The molecule has 1 saturated heterocycles. The van der Waals surface area contributed by atoms with Crippen LogP contribution in [0.5, 0.6) is 0 Å². The third kappa shape index (κ3) is 9.03. The number of aldehydes is 2. The van der Waals surface area contributed by atoms with Gasteiger partial charge < -0.3 is 15.5 Å². The van der Waals surface area contributed by atoms with Crippen LogP contribution in [0.3, 0.4) is 0 Å². The molecule has 1 aromatic carbocycles. The number of piperidine rings is 1. The summed E-state index contributed by atoms with van der Waals surface area (Å²) in [5.41, 5.74) is 4.12. The SMILES string of the molecule is C=CC=O.CNCCC1CCN(C)CC1.CNc1ccnc2ccc(-c3cccc(C=O)n3)cc12. The van der Waals surface area contributed by atoms with E-state index in [0.717, 1.165) is 40.1 Å². The van der Waals surface area contributed by atoms with Crippen LogP contribution < -0.4 is 10.6 Å². The minimum absolute atomic E-state index is 0.433. The highest BCUT2D eigenvalue weighted by atomic mass is 16.1. The lowest BCUT2D eigenvalue weighted by Crippen LogP contribution is -2.31. The highest BCUT2D eigenvalue weighted by Gasteiger charge is 2.15. The smallest absolute Gasteiger partial charge is 0.168 e. The van der Waals surface area contributed by atoms with E-state index in [9.17, 15) is 4.79 Å². The number of benzene rings is 1. The van der Waals surface area contributed by atoms with Gasteiger partial charge in [0.15, 0.2) is 6.29 Å². The van der Waals surface area contributed by atoms with Gasteiger partial charge in [-0.1, -0.05) is 18.7 Å². The molecule has 0 bridgehead atoms. The predicted octanol–water partition coefficient (Wildman–Crippen LogP) is 4.46. The van der Waals surface area contributed by atoms with Crippen LogP contribution in [0.2, 0.25) is 0 Å². The second-order valence-electron chi connectivity index (χ2n) is 8.42. The molecule has 0 spiro atoms. The third-order valence-corrected chi connectivity index (χ3v) is 5.93. The average Bonchev–Trinajstić information content (AvgIpc) is 2.92. The molecule has 0 atom stereocenters. The van der Waals surface area contributed by atoms with Crippen molar-refractivity contribution < 1.29 is 9.59 Å². The number of allylic oxidation sites excluding steroid dienone is 1. The van der Waals surface area contributed by atoms with Gasteiger partial charge in [0.2, 0.25) is 0 Å². The van der Waals surface area contributed by atoms with Gasteiger partial charge >= 0.3 is 0 Å². The maximum absolute atomic E-state index is 10.8. The standard InChI is InChI=1S/C16H13N3O.C9H20N2.C3H4O/c1-17-15-7-8-18-16-6-5-11(9-13(15)16)14-4-2-3-12(10-20)19-14;1-10-6-3-9-4-7-11(2)8-5-9;1-2-3-4/h2-10H,1H3,(H,17,18);9-10H,3-8H2,1-2H3;2-3H,1H2. The molecule has 0 aliphatic carbocycles. The fourth-order valence-electron chi connectivity index (χ4n) is 3.90. The van der Waals surface area contributed by atoms with Crippen molar-refractivity contribution in [2.24, 2.45) is 5.92 Å². The van der Waals surface area contributed by atoms with Crippen LogP contribution in [0.25, 0.3) is 22.2 Å². The molecule has 3 aromatic rings. The molecule has 0 amide bonds. The molecular weight excluding hydrogens is 438 g/mol. The van der Waals surface area contributed by atoms with Gasteiger partial charge in [-0.2, -0.15) is 0 Å². The Labute approximate surface area is 208 Å². The summed E-state index contributed by atoms with van der Waals surface area (Å²) >= 11 is 0. The average molecular weight is 476 g/mol. The van der Waals surface area contributed by atoms with Crippen molar-refractivity contribution in [2.45, 2.75) is 19.3 Å². The molecule has 4 rings (SSSR count). The summed E-state index contributed by atoms with van der Waals surface area (Å²) in [5, 5.41) is 7.40. The van der Waals surface area contributed by atoms with Crippen LogP contribution in [0, 0.1) is 5.92 Å². The maximum Gasteiger partial charge on any atom is 0.168 e. The molecule has 1 aliphatic rings. The van der Waals surface area contributed by atoms with Gasteiger partial charge in [0.05, 0.1) is 11.2 Å². The number of carbonyl (C=O) groups excluding carboxylic acids is 2. The maximum atomic E-state index is 10.8. The molecule has 3 heterocycles. The van der Waals surface area contributed by atoms with E-state index >= 15 is 0 Å². The minimum atomic E-state index is 0.433. The fraction of sp³-hybridized carbons (Fsp3) is 0.357. The number of fused-ring (bicyclic) bond motifs is 1. The van der Waals surface area contributed by atoms with Crippen molar-refractivity contribution in [3.05, 3.63) is 67.0 Å². The summed E-state index contributed by atoms with van der Waals surface area (Å²) in [6, 6.07) is 13.3. The third-order valence-electron chi connectivity index (χ3n) is 5.93. The summed E-state index contributed by atoms with van der Waals surface area (Å²) in [6.45, 7) is 6.90. The molecular formula is C28H37N5O2.